The zero-order chi connectivity index (χ0) is 20.5. The number of nitrogens with zero attached hydrogens (tertiary/aromatic N) is 2. The molecule has 1 fully saturated rings. The summed E-state index contributed by atoms with van der Waals surface area (Å²) in [6.07, 6.45) is 4.08. The molecule has 0 bridgehead atoms. The molecule has 2 aromatic rings. The summed E-state index contributed by atoms with van der Waals surface area (Å²) in [4.78, 5) is 4.81. The fourth-order valence-corrected chi connectivity index (χ4v) is 3.91. The Labute approximate surface area is 174 Å². The van der Waals surface area contributed by atoms with Crippen LogP contribution in [0.2, 0.25) is 0 Å². The monoisotopic (exact) mass is 398 g/mol. The summed E-state index contributed by atoms with van der Waals surface area (Å²) in [6, 6.07) is 10.5. The van der Waals surface area contributed by atoms with Gasteiger partial charge in [-0.3, -0.25) is 0 Å². The Kier molecular flexibility index (Phi) is 8.11. The van der Waals surface area contributed by atoms with Gasteiger partial charge in [-0.05, 0) is 31.7 Å². The van der Waals surface area contributed by atoms with E-state index in [9.17, 15) is 0 Å². The van der Waals surface area contributed by atoms with Crippen molar-refractivity contribution in [3.63, 3.8) is 0 Å². The van der Waals surface area contributed by atoms with E-state index in [1.807, 2.05) is 0 Å². The molecule has 2 unspecified atom stereocenters. The van der Waals surface area contributed by atoms with Gasteiger partial charge in [-0.2, -0.15) is 0 Å². The van der Waals surface area contributed by atoms with Crippen LogP contribution in [0.1, 0.15) is 62.3 Å². The SMILES string of the molecule is CCNC(=NCc1c(CC)noc1CC)NCC1CCCOC1c1ccccc1. The number of rotatable bonds is 8. The molecular weight excluding hydrogens is 364 g/mol. The number of hydrogen-bond donors (Lipinski definition) is 2. The van der Waals surface area contributed by atoms with Gasteiger partial charge in [0, 0.05) is 37.6 Å². The first kappa shape index (κ1) is 21.4. The van der Waals surface area contributed by atoms with E-state index in [0.29, 0.717) is 12.5 Å². The van der Waals surface area contributed by atoms with Crippen LogP contribution in [-0.4, -0.2) is 30.8 Å². The summed E-state index contributed by atoms with van der Waals surface area (Å²) >= 11 is 0. The van der Waals surface area contributed by atoms with Gasteiger partial charge in [-0.25, -0.2) is 4.99 Å². The van der Waals surface area contributed by atoms with Gasteiger partial charge in [0.1, 0.15) is 5.76 Å². The molecule has 1 aliphatic heterocycles. The molecule has 0 saturated carbocycles. The third kappa shape index (κ3) is 5.60. The summed E-state index contributed by atoms with van der Waals surface area (Å²) in [5.74, 6) is 2.18. The second-order valence-electron chi connectivity index (χ2n) is 7.42. The van der Waals surface area contributed by atoms with Crippen molar-refractivity contribution in [2.75, 3.05) is 19.7 Å². The third-order valence-corrected chi connectivity index (χ3v) is 5.45. The highest BCUT2D eigenvalue weighted by atomic mass is 16.5. The van der Waals surface area contributed by atoms with Crippen LogP contribution >= 0.6 is 0 Å². The number of benzene rings is 1. The van der Waals surface area contributed by atoms with Crippen LogP contribution in [0.15, 0.2) is 39.8 Å². The first-order valence-electron chi connectivity index (χ1n) is 10.9. The Hall–Kier alpha value is -2.34. The van der Waals surface area contributed by atoms with Crippen LogP contribution < -0.4 is 10.6 Å². The van der Waals surface area contributed by atoms with E-state index in [4.69, 9.17) is 14.3 Å². The van der Waals surface area contributed by atoms with Crippen molar-refractivity contribution < 1.29 is 9.26 Å². The Morgan fingerprint density at radius 1 is 1.14 bits per heavy atom. The van der Waals surface area contributed by atoms with Gasteiger partial charge in [-0.15, -0.1) is 0 Å². The zero-order valence-electron chi connectivity index (χ0n) is 17.9. The smallest absolute Gasteiger partial charge is 0.191 e. The highest BCUT2D eigenvalue weighted by Crippen LogP contribution is 2.33. The average molecular weight is 399 g/mol. The molecule has 0 aliphatic carbocycles. The molecule has 2 atom stereocenters. The topological polar surface area (TPSA) is 71.7 Å². The Balaban J connectivity index is 1.67. The van der Waals surface area contributed by atoms with Crippen molar-refractivity contribution in [2.24, 2.45) is 10.9 Å². The fourth-order valence-electron chi connectivity index (χ4n) is 3.91. The van der Waals surface area contributed by atoms with E-state index in [1.54, 1.807) is 0 Å². The average Bonchev–Trinajstić information content (AvgIpc) is 3.18. The van der Waals surface area contributed by atoms with Gasteiger partial charge in [0.15, 0.2) is 5.96 Å². The number of nitrogens with one attached hydrogen (secondary N) is 2. The molecule has 2 heterocycles. The molecule has 1 aliphatic rings. The molecule has 0 amide bonds. The van der Waals surface area contributed by atoms with Crippen LogP contribution in [0, 0.1) is 5.92 Å². The van der Waals surface area contributed by atoms with E-state index in [1.165, 1.54) is 5.56 Å². The van der Waals surface area contributed by atoms with E-state index in [-0.39, 0.29) is 6.10 Å². The van der Waals surface area contributed by atoms with Crippen molar-refractivity contribution in [3.05, 3.63) is 52.9 Å². The lowest BCUT2D eigenvalue weighted by Gasteiger charge is -2.32. The molecular formula is C23H34N4O2. The minimum Gasteiger partial charge on any atom is -0.373 e. The maximum Gasteiger partial charge on any atom is 0.191 e. The second-order valence-corrected chi connectivity index (χ2v) is 7.42. The van der Waals surface area contributed by atoms with Crippen molar-refractivity contribution >= 4 is 5.96 Å². The van der Waals surface area contributed by atoms with Crippen LogP contribution in [-0.2, 0) is 24.1 Å². The summed E-state index contributed by atoms with van der Waals surface area (Å²) in [6.45, 7) is 9.33. The molecule has 1 aromatic heterocycles. The van der Waals surface area contributed by atoms with Crippen LogP contribution in [0.5, 0.6) is 0 Å². The largest absolute Gasteiger partial charge is 0.373 e. The number of aromatic nitrogens is 1. The molecule has 1 aromatic carbocycles. The van der Waals surface area contributed by atoms with Crippen LogP contribution in [0.25, 0.3) is 0 Å². The standard InChI is InChI=1S/C23H34N4O2/c1-4-20-19(21(5-2)29-27-20)16-26-23(24-6-3)25-15-18-13-10-14-28-22(18)17-11-8-7-9-12-17/h7-9,11-12,18,22H,4-6,10,13-16H2,1-3H3,(H2,24,25,26). The molecule has 1 saturated heterocycles. The zero-order valence-corrected chi connectivity index (χ0v) is 17.9. The molecule has 2 N–H and O–H groups in total. The Morgan fingerprint density at radius 2 is 1.97 bits per heavy atom. The number of aliphatic imine (C=N–C) groups is 1. The quantitative estimate of drug-likeness (QED) is 0.519. The first-order chi connectivity index (χ1) is 14.3. The normalized spacial score (nSPS) is 19.9. The number of guanidine groups is 1. The van der Waals surface area contributed by atoms with E-state index in [2.05, 4.69) is 66.9 Å². The maximum absolute atomic E-state index is 6.13. The third-order valence-electron chi connectivity index (χ3n) is 5.45. The van der Waals surface area contributed by atoms with E-state index in [0.717, 1.165) is 68.4 Å². The Bertz CT molecular complexity index is 751. The van der Waals surface area contributed by atoms with E-state index < -0.39 is 0 Å². The van der Waals surface area contributed by atoms with Crippen molar-refractivity contribution in [1.29, 1.82) is 0 Å². The molecule has 6 heteroatoms. The molecule has 3 rings (SSSR count). The number of hydrogen-bond acceptors (Lipinski definition) is 4. The Morgan fingerprint density at radius 3 is 2.69 bits per heavy atom. The van der Waals surface area contributed by atoms with Gasteiger partial charge in [0.05, 0.1) is 18.3 Å². The van der Waals surface area contributed by atoms with Crippen molar-refractivity contribution in [3.8, 4) is 0 Å². The van der Waals surface area contributed by atoms with Gasteiger partial charge in [-0.1, -0.05) is 49.3 Å². The lowest BCUT2D eigenvalue weighted by Crippen LogP contribution is -2.42. The number of ether oxygens (including phenoxy) is 1. The molecule has 158 valence electrons. The first-order valence-corrected chi connectivity index (χ1v) is 10.9. The molecule has 6 nitrogen and oxygen atoms in total. The highest BCUT2D eigenvalue weighted by Gasteiger charge is 2.27. The lowest BCUT2D eigenvalue weighted by molar-refractivity contribution is -0.0265. The predicted octanol–water partition coefficient (Wildman–Crippen LogP) is 4.02. The van der Waals surface area contributed by atoms with E-state index >= 15 is 0 Å². The summed E-state index contributed by atoms with van der Waals surface area (Å²) in [7, 11) is 0. The summed E-state index contributed by atoms with van der Waals surface area (Å²) in [5.41, 5.74) is 3.38. The van der Waals surface area contributed by atoms with Crippen LogP contribution in [0.4, 0.5) is 0 Å². The van der Waals surface area contributed by atoms with Crippen molar-refractivity contribution in [2.45, 2.75) is 59.1 Å². The molecule has 29 heavy (non-hydrogen) atoms. The molecule has 0 radical (unpaired) electrons. The minimum atomic E-state index is 0.136. The van der Waals surface area contributed by atoms with Gasteiger partial charge >= 0.3 is 0 Å². The minimum absolute atomic E-state index is 0.136. The highest BCUT2D eigenvalue weighted by molar-refractivity contribution is 5.79. The molecule has 0 spiro atoms. The van der Waals surface area contributed by atoms with Gasteiger partial charge in [0.25, 0.3) is 0 Å². The van der Waals surface area contributed by atoms with Crippen LogP contribution in [0.3, 0.4) is 0 Å². The fraction of sp³-hybridized carbons (Fsp3) is 0.565. The lowest BCUT2D eigenvalue weighted by atomic mass is 9.89. The predicted molar refractivity (Wildman–Crippen MR) is 116 cm³/mol. The summed E-state index contributed by atoms with van der Waals surface area (Å²) in [5, 5.41) is 11.1. The van der Waals surface area contributed by atoms with Gasteiger partial charge in [0.2, 0.25) is 0 Å². The van der Waals surface area contributed by atoms with Gasteiger partial charge < -0.3 is 19.9 Å². The summed E-state index contributed by atoms with van der Waals surface area (Å²) < 4.78 is 11.6. The second kappa shape index (κ2) is 11.0. The maximum atomic E-state index is 6.13. The number of aryl methyl sites for hydroxylation is 2. The van der Waals surface area contributed by atoms with Crippen molar-refractivity contribution in [1.82, 2.24) is 15.8 Å².